The first-order valence-electron chi connectivity index (χ1n) is 7.69. The number of anilines is 3. The van der Waals surface area contributed by atoms with Crippen molar-refractivity contribution >= 4 is 17.8 Å². The monoisotopic (exact) mass is 280 g/mol. The van der Waals surface area contributed by atoms with Crippen LogP contribution in [0.25, 0.3) is 0 Å². The van der Waals surface area contributed by atoms with Crippen molar-refractivity contribution in [2.24, 2.45) is 0 Å². The van der Waals surface area contributed by atoms with Crippen molar-refractivity contribution in [3.63, 3.8) is 0 Å². The molecular weight excluding hydrogens is 252 g/mol. The highest BCUT2D eigenvalue weighted by Crippen LogP contribution is 2.16. The molecule has 0 radical (unpaired) electrons. The fraction of sp³-hybridized carbons (Fsp3) is 0.786. The average Bonchev–Trinajstić information content (AvgIpc) is 2.47. The average molecular weight is 280 g/mol. The van der Waals surface area contributed by atoms with Gasteiger partial charge in [0.25, 0.3) is 0 Å². The Morgan fingerprint density at radius 3 is 1.55 bits per heavy atom. The number of nitrogens with one attached hydrogen (secondary N) is 1. The fourth-order valence-corrected chi connectivity index (χ4v) is 1.97. The Bertz CT molecular complexity index is 357. The molecule has 1 aromatic rings. The van der Waals surface area contributed by atoms with Gasteiger partial charge in [-0.05, 0) is 34.1 Å². The molecule has 0 amide bonds. The molecule has 0 fully saturated rings. The molecule has 114 valence electrons. The Morgan fingerprint density at radius 1 is 0.750 bits per heavy atom. The molecule has 0 aliphatic carbocycles. The zero-order chi connectivity index (χ0) is 15.0. The first kappa shape index (κ1) is 16.5. The van der Waals surface area contributed by atoms with E-state index in [1.54, 1.807) is 0 Å². The van der Waals surface area contributed by atoms with Crippen molar-refractivity contribution in [1.82, 2.24) is 15.0 Å². The zero-order valence-corrected chi connectivity index (χ0v) is 13.5. The summed E-state index contributed by atoms with van der Waals surface area (Å²) in [5.74, 6) is 2.18. The Balaban J connectivity index is 3.12. The van der Waals surface area contributed by atoms with Crippen LogP contribution in [-0.2, 0) is 0 Å². The van der Waals surface area contributed by atoms with Gasteiger partial charge in [-0.2, -0.15) is 15.0 Å². The summed E-state index contributed by atoms with van der Waals surface area (Å²) in [7, 11) is 0. The Kier molecular flexibility index (Phi) is 7.04. The minimum Gasteiger partial charge on any atom is -0.354 e. The molecule has 0 saturated heterocycles. The molecule has 6 nitrogen and oxygen atoms in total. The van der Waals surface area contributed by atoms with Crippen LogP contribution in [0.1, 0.15) is 41.0 Å². The molecular formula is C14H28N6. The molecule has 0 spiro atoms. The van der Waals surface area contributed by atoms with Crippen LogP contribution in [-0.4, -0.2) is 47.7 Å². The number of aromatic nitrogens is 3. The molecule has 0 saturated carbocycles. The summed E-state index contributed by atoms with van der Waals surface area (Å²) in [6.45, 7) is 15.0. The highest BCUT2D eigenvalue weighted by atomic mass is 15.4. The summed E-state index contributed by atoms with van der Waals surface area (Å²) >= 11 is 0. The van der Waals surface area contributed by atoms with E-state index in [0.29, 0.717) is 5.95 Å². The van der Waals surface area contributed by atoms with Crippen LogP contribution in [0.2, 0.25) is 0 Å². The molecule has 1 heterocycles. The molecule has 0 bridgehead atoms. The van der Waals surface area contributed by atoms with Gasteiger partial charge >= 0.3 is 0 Å². The predicted octanol–water partition coefficient (Wildman–Crippen LogP) is 2.39. The van der Waals surface area contributed by atoms with Crippen molar-refractivity contribution in [1.29, 1.82) is 0 Å². The van der Waals surface area contributed by atoms with Gasteiger partial charge in [0.2, 0.25) is 17.8 Å². The van der Waals surface area contributed by atoms with Gasteiger partial charge in [-0.1, -0.05) is 6.92 Å². The first-order chi connectivity index (χ1) is 9.69. The molecule has 0 aromatic carbocycles. The Labute approximate surface area is 122 Å². The van der Waals surface area contributed by atoms with Crippen LogP contribution >= 0.6 is 0 Å². The molecule has 0 unspecified atom stereocenters. The molecule has 1 rings (SSSR count). The third-order valence-corrected chi connectivity index (χ3v) is 3.24. The number of hydrogen-bond acceptors (Lipinski definition) is 6. The van der Waals surface area contributed by atoms with Crippen molar-refractivity contribution in [2.45, 2.75) is 41.0 Å². The predicted molar refractivity (Wildman–Crippen MR) is 85.7 cm³/mol. The summed E-state index contributed by atoms with van der Waals surface area (Å²) in [6, 6.07) is 0. The van der Waals surface area contributed by atoms with Crippen LogP contribution in [0, 0.1) is 0 Å². The van der Waals surface area contributed by atoms with Crippen molar-refractivity contribution in [3.8, 4) is 0 Å². The second-order valence-corrected chi connectivity index (χ2v) is 4.53. The minimum absolute atomic E-state index is 0.672. The molecule has 1 aromatic heterocycles. The summed E-state index contributed by atoms with van der Waals surface area (Å²) < 4.78 is 0. The van der Waals surface area contributed by atoms with E-state index in [-0.39, 0.29) is 0 Å². The smallest absolute Gasteiger partial charge is 0.231 e. The second-order valence-electron chi connectivity index (χ2n) is 4.53. The molecule has 0 atom stereocenters. The lowest BCUT2D eigenvalue weighted by molar-refractivity contribution is 0.775. The van der Waals surface area contributed by atoms with Gasteiger partial charge in [0.1, 0.15) is 0 Å². The van der Waals surface area contributed by atoms with Gasteiger partial charge in [0.05, 0.1) is 0 Å². The molecule has 20 heavy (non-hydrogen) atoms. The van der Waals surface area contributed by atoms with Crippen LogP contribution in [0.5, 0.6) is 0 Å². The van der Waals surface area contributed by atoms with E-state index >= 15 is 0 Å². The van der Waals surface area contributed by atoms with E-state index in [4.69, 9.17) is 0 Å². The number of hydrogen-bond donors (Lipinski definition) is 1. The highest BCUT2D eigenvalue weighted by Gasteiger charge is 2.14. The maximum Gasteiger partial charge on any atom is 0.231 e. The van der Waals surface area contributed by atoms with E-state index in [9.17, 15) is 0 Å². The van der Waals surface area contributed by atoms with Gasteiger partial charge in [-0.15, -0.1) is 0 Å². The Morgan fingerprint density at radius 2 is 1.20 bits per heavy atom. The third kappa shape index (κ3) is 4.21. The van der Waals surface area contributed by atoms with E-state index in [1.807, 2.05) is 0 Å². The second kappa shape index (κ2) is 8.55. The van der Waals surface area contributed by atoms with E-state index in [1.165, 1.54) is 0 Å². The van der Waals surface area contributed by atoms with Gasteiger partial charge in [0.15, 0.2) is 0 Å². The summed E-state index contributed by atoms with van der Waals surface area (Å²) in [5.41, 5.74) is 0. The third-order valence-electron chi connectivity index (χ3n) is 3.24. The topological polar surface area (TPSA) is 57.2 Å². The number of rotatable bonds is 9. The lowest BCUT2D eigenvalue weighted by Gasteiger charge is -2.23. The van der Waals surface area contributed by atoms with Crippen LogP contribution < -0.4 is 15.1 Å². The van der Waals surface area contributed by atoms with Crippen molar-refractivity contribution < 1.29 is 0 Å². The van der Waals surface area contributed by atoms with E-state index < -0.39 is 0 Å². The van der Waals surface area contributed by atoms with Gasteiger partial charge in [-0.3, -0.25) is 0 Å². The van der Waals surface area contributed by atoms with Gasteiger partial charge in [0, 0.05) is 32.7 Å². The molecule has 1 N–H and O–H groups in total. The highest BCUT2D eigenvalue weighted by molar-refractivity contribution is 5.45. The SMILES string of the molecule is CCCNc1nc(N(CC)CC)nc(N(CC)CC)n1. The largest absolute Gasteiger partial charge is 0.354 e. The van der Waals surface area contributed by atoms with E-state index in [2.05, 4.69) is 64.7 Å². The van der Waals surface area contributed by atoms with Crippen molar-refractivity contribution in [2.75, 3.05) is 47.8 Å². The van der Waals surface area contributed by atoms with Crippen LogP contribution in [0.3, 0.4) is 0 Å². The molecule has 0 aliphatic heterocycles. The quantitative estimate of drug-likeness (QED) is 0.749. The summed E-state index contributed by atoms with van der Waals surface area (Å²) in [4.78, 5) is 18.0. The lowest BCUT2D eigenvalue weighted by atomic mass is 10.5. The fourth-order valence-electron chi connectivity index (χ4n) is 1.97. The number of nitrogens with zero attached hydrogens (tertiary/aromatic N) is 5. The maximum atomic E-state index is 4.62. The molecule has 6 heteroatoms. The molecule has 0 aliphatic rings. The minimum atomic E-state index is 0.672. The summed E-state index contributed by atoms with van der Waals surface area (Å²) in [5, 5.41) is 3.27. The lowest BCUT2D eigenvalue weighted by Crippen LogP contribution is -2.29. The normalized spacial score (nSPS) is 10.4. The van der Waals surface area contributed by atoms with Crippen LogP contribution in [0.4, 0.5) is 17.8 Å². The zero-order valence-electron chi connectivity index (χ0n) is 13.5. The van der Waals surface area contributed by atoms with E-state index in [0.717, 1.165) is 51.0 Å². The van der Waals surface area contributed by atoms with Gasteiger partial charge < -0.3 is 15.1 Å². The Hall–Kier alpha value is -1.59. The summed E-state index contributed by atoms with van der Waals surface area (Å²) in [6.07, 6.45) is 1.05. The van der Waals surface area contributed by atoms with Crippen LogP contribution in [0.15, 0.2) is 0 Å². The van der Waals surface area contributed by atoms with Gasteiger partial charge in [-0.25, -0.2) is 0 Å². The maximum absolute atomic E-state index is 4.62. The van der Waals surface area contributed by atoms with Crippen molar-refractivity contribution in [3.05, 3.63) is 0 Å². The first-order valence-corrected chi connectivity index (χ1v) is 7.69. The standard InChI is InChI=1S/C14H28N6/c1-6-11-15-12-16-13(19(7-2)8-3)18-14(17-12)20(9-4)10-5/h6-11H2,1-5H3,(H,15,16,17,18).